The van der Waals surface area contributed by atoms with Crippen molar-refractivity contribution >= 4 is 0 Å². The Kier molecular flexibility index (Phi) is 11.9. The van der Waals surface area contributed by atoms with Gasteiger partial charge in [-0.3, -0.25) is 0 Å². The lowest BCUT2D eigenvalue weighted by atomic mass is 9.92. The van der Waals surface area contributed by atoms with Gasteiger partial charge in [-0.05, 0) is 96.0 Å². The summed E-state index contributed by atoms with van der Waals surface area (Å²) in [5.41, 5.74) is 3.89. The maximum Gasteiger partial charge on any atom is 0.211 e. The van der Waals surface area contributed by atoms with E-state index in [2.05, 4.69) is 13.8 Å². The minimum absolute atomic E-state index is 0.0832. The summed E-state index contributed by atoms with van der Waals surface area (Å²) in [5, 5.41) is 22.0. The third-order valence-electron chi connectivity index (χ3n) is 7.97. The molecule has 0 saturated carbocycles. The lowest BCUT2D eigenvalue weighted by molar-refractivity contribution is 0.326. The van der Waals surface area contributed by atoms with E-state index >= 15 is 0 Å². The number of ether oxygens (including phenoxy) is 7. The normalized spacial score (nSPS) is 11.5. The molecule has 0 aliphatic heterocycles. The third-order valence-corrected chi connectivity index (χ3v) is 7.97. The minimum atomic E-state index is -0.147. The maximum atomic E-state index is 11.1. The van der Waals surface area contributed by atoms with Crippen molar-refractivity contribution in [2.45, 2.75) is 58.8 Å². The van der Waals surface area contributed by atoms with E-state index in [0.717, 1.165) is 47.9 Å². The van der Waals surface area contributed by atoms with Crippen molar-refractivity contribution in [1.82, 2.24) is 0 Å². The van der Waals surface area contributed by atoms with Gasteiger partial charge in [0.2, 0.25) is 17.2 Å². The van der Waals surface area contributed by atoms with Crippen LogP contribution in [0, 0.1) is 0 Å². The summed E-state index contributed by atoms with van der Waals surface area (Å²) in [5.74, 6) is 3.02. The molecule has 4 aromatic rings. The van der Waals surface area contributed by atoms with Gasteiger partial charge in [-0.2, -0.15) is 0 Å². The van der Waals surface area contributed by atoms with Gasteiger partial charge in [0.05, 0.1) is 35.5 Å². The second-order valence-electron chi connectivity index (χ2n) is 11.3. The van der Waals surface area contributed by atoms with Crippen LogP contribution in [0.3, 0.4) is 0 Å². The molecule has 4 aromatic carbocycles. The molecule has 0 amide bonds. The van der Waals surface area contributed by atoms with Crippen LogP contribution in [-0.2, 0) is 19.3 Å². The van der Waals surface area contributed by atoms with E-state index in [1.165, 1.54) is 14.2 Å². The van der Waals surface area contributed by atoms with Crippen molar-refractivity contribution in [3.8, 4) is 63.2 Å². The molecule has 2 N–H and O–H groups in total. The Bertz CT molecular complexity index is 1640. The highest BCUT2D eigenvalue weighted by atomic mass is 16.5. The summed E-state index contributed by atoms with van der Waals surface area (Å²) in [6, 6.07) is 16.7. The monoisotopic (exact) mass is 646 g/mol. The average Bonchev–Trinajstić information content (AvgIpc) is 3.07. The molecule has 0 aliphatic carbocycles. The molecule has 0 radical (unpaired) electrons. The molecule has 9 heteroatoms. The fourth-order valence-electron chi connectivity index (χ4n) is 5.52. The van der Waals surface area contributed by atoms with Crippen molar-refractivity contribution in [1.29, 1.82) is 0 Å². The second-order valence-corrected chi connectivity index (χ2v) is 11.3. The van der Waals surface area contributed by atoms with Crippen molar-refractivity contribution < 1.29 is 43.4 Å². The molecule has 0 aliphatic rings. The van der Waals surface area contributed by atoms with Gasteiger partial charge in [0.25, 0.3) is 0 Å². The molecule has 0 spiro atoms. The molecule has 0 aromatic heterocycles. The van der Waals surface area contributed by atoms with Gasteiger partial charge in [0, 0.05) is 0 Å². The highest BCUT2D eigenvalue weighted by Gasteiger charge is 2.22. The van der Waals surface area contributed by atoms with Crippen LogP contribution in [0.15, 0.2) is 54.6 Å². The molecule has 9 nitrogen and oxygen atoms in total. The quantitative estimate of drug-likeness (QED) is 0.123. The predicted octanol–water partition coefficient (Wildman–Crippen LogP) is 8.98. The summed E-state index contributed by atoms with van der Waals surface area (Å²) in [7, 11) is 7.71. The Morgan fingerprint density at radius 3 is 1.55 bits per heavy atom. The number of hydrogen-bond donors (Lipinski definition) is 2. The number of aromatic hydroxyl groups is 2. The van der Waals surface area contributed by atoms with Crippen molar-refractivity contribution in [3.05, 3.63) is 76.9 Å². The molecule has 0 heterocycles. The van der Waals surface area contributed by atoms with Crippen LogP contribution in [0.2, 0.25) is 0 Å². The van der Waals surface area contributed by atoms with Crippen molar-refractivity contribution in [2.24, 2.45) is 0 Å². The maximum absolute atomic E-state index is 11.1. The first-order chi connectivity index (χ1) is 22.7. The number of benzene rings is 4. The first-order valence-corrected chi connectivity index (χ1v) is 15.8. The molecular formula is C38H46O9. The van der Waals surface area contributed by atoms with Crippen LogP contribution in [0.4, 0.5) is 0 Å². The Morgan fingerprint density at radius 1 is 0.511 bits per heavy atom. The van der Waals surface area contributed by atoms with Gasteiger partial charge in [0.15, 0.2) is 46.0 Å². The Hall–Kier alpha value is -4.92. The van der Waals surface area contributed by atoms with E-state index < -0.39 is 0 Å². The van der Waals surface area contributed by atoms with Crippen LogP contribution < -0.4 is 33.2 Å². The third kappa shape index (κ3) is 8.09. The van der Waals surface area contributed by atoms with E-state index in [1.807, 2.05) is 37.3 Å². The van der Waals surface area contributed by atoms with Crippen molar-refractivity contribution in [2.75, 3.05) is 35.5 Å². The van der Waals surface area contributed by atoms with Crippen molar-refractivity contribution in [3.63, 3.8) is 0 Å². The van der Waals surface area contributed by atoms with E-state index in [-0.39, 0.29) is 40.4 Å². The summed E-state index contributed by atoms with van der Waals surface area (Å²) in [6.07, 6.45) is 4.28. The van der Waals surface area contributed by atoms with Gasteiger partial charge < -0.3 is 43.4 Å². The highest BCUT2D eigenvalue weighted by molar-refractivity contribution is 5.60. The average molecular weight is 647 g/mol. The molecule has 0 saturated heterocycles. The minimum Gasteiger partial charge on any atom is -0.502 e. The van der Waals surface area contributed by atoms with Crippen LogP contribution in [0.5, 0.6) is 63.2 Å². The number of rotatable bonds is 16. The number of phenols is 2. The van der Waals surface area contributed by atoms with Gasteiger partial charge >= 0.3 is 0 Å². The van der Waals surface area contributed by atoms with Gasteiger partial charge in [0.1, 0.15) is 0 Å². The summed E-state index contributed by atoms with van der Waals surface area (Å²) in [4.78, 5) is 0. The number of aryl methyl sites for hydroxylation is 2. The summed E-state index contributed by atoms with van der Waals surface area (Å²) >= 11 is 0. The standard InChI is InChI=1S/C38H46O9/c1-9-11-24-13-14-28(29(16-24)41-4)46-33-22-27(21-31(43-6)37(33)40)23(3)15-26-19-30(42-5)36(39)32(20-26)47-38-34(44-7)17-25(12-10-2)18-35(38)45-8/h13-14,16-23,39-40H,9-12,15H2,1-8H3. The van der Waals surface area contributed by atoms with Gasteiger partial charge in [-0.1, -0.05) is 39.7 Å². The predicted molar refractivity (Wildman–Crippen MR) is 182 cm³/mol. The van der Waals surface area contributed by atoms with Gasteiger partial charge in [-0.25, -0.2) is 0 Å². The molecule has 1 unspecified atom stereocenters. The topological polar surface area (TPSA) is 105 Å². The number of phenolic OH excluding ortho intramolecular Hbond substituents is 2. The molecule has 1 atom stereocenters. The Balaban J connectivity index is 1.67. The molecule has 47 heavy (non-hydrogen) atoms. The Labute approximate surface area is 277 Å². The van der Waals surface area contributed by atoms with Crippen LogP contribution in [0.25, 0.3) is 0 Å². The molecule has 0 fully saturated rings. The zero-order valence-corrected chi connectivity index (χ0v) is 28.6. The molecule has 252 valence electrons. The fraction of sp³-hybridized carbons (Fsp3) is 0.368. The lowest BCUT2D eigenvalue weighted by Gasteiger charge is -2.20. The first kappa shape index (κ1) is 34.9. The summed E-state index contributed by atoms with van der Waals surface area (Å²) < 4.78 is 40.4. The van der Waals surface area contributed by atoms with Gasteiger partial charge in [-0.15, -0.1) is 0 Å². The molecular weight excluding hydrogens is 600 g/mol. The molecule has 4 rings (SSSR count). The first-order valence-electron chi connectivity index (χ1n) is 15.8. The summed E-state index contributed by atoms with van der Waals surface area (Å²) in [6.45, 7) is 6.27. The SMILES string of the molecule is CCCc1ccc(Oc2cc(C(C)Cc3cc(OC)c(O)c(Oc4c(OC)cc(CCC)cc4OC)c3)cc(OC)c2O)c(OC)c1. The molecule has 0 bridgehead atoms. The fourth-order valence-corrected chi connectivity index (χ4v) is 5.52. The van der Waals surface area contributed by atoms with E-state index in [4.69, 9.17) is 33.2 Å². The number of hydrogen-bond acceptors (Lipinski definition) is 9. The number of methoxy groups -OCH3 is 5. The van der Waals surface area contributed by atoms with Crippen LogP contribution in [0.1, 0.15) is 61.8 Å². The zero-order valence-electron chi connectivity index (χ0n) is 28.6. The van der Waals surface area contributed by atoms with E-state index in [0.29, 0.717) is 35.2 Å². The highest BCUT2D eigenvalue weighted by Crippen LogP contribution is 2.48. The Morgan fingerprint density at radius 2 is 0.979 bits per heavy atom. The van der Waals surface area contributed by atoms with Crippen LogP contribution in [-0.4, -0.2) is 45.8 Å². The van der Waals surface area contributed by atoms with E-state index in [1.54, 1.807) is 45.6 Å². The zero-order chi connectivity index (χ0) is 34.1. The second kappa shape index (κ2) is 16.1. The van der Waals surface area contributed by atoms with E-state index in [9.17, 15) is 10.2 Å². The lowest BCUT2D eigenvalue weighted by Crippen LogP contribution is -2.02. The smallest absolute Gasteiger partial charge is 0.211 e. The van der Waals surface area contributed by atoms with Crippen LogP contribution >= 0.6 is 0 Å². The largest absolute Gasteiger partial charge is 0.502 e.